The number of pyridine rings is 1. The number of nitrogens with zero attached hydrogens (tertiary/aromatic N) is 2. The molecule has 2 heterocycles. The number of rotatable bonds is 0. The second kappa shape index (κ2) is 3.76. The molecule has 0 aliphatic carbocycles. The summed E-state index contributed by atoms with van der Waals surface area (Å²) in [6.07, 6.45) is 5.78. The molecule has 3 rings (SSSR count). The molecule has 2 aromatic heterocycles. The second-order valence-electron chi connectivity index (χ2n) is 3.45. The van der Waals surface area contributed by atoms with Crippen LogP contribution in [0.1, 0.15) is 5.56 Å². The Hall–Kier alpha value is -1.18. The van der Waals surface area contributed by atoms with Crippen molar-refractivity contribution in [2.24, 2.45) is 0 Å². The van der Waals surface area contributed by atoms with Crippen molar-refractivity contribution in [2.45, 2.75) is 6.92 Å². The van der Waals surface area contributed by atoms with Crippen LogP contribution in [0.25, 0.3) is 16.4 Å². The topological polar surface area (TPSA) is 17.3 Å². The van der Waals surface area contributed by atoms with E-state index in [1.807, 2.05) is 29.9 Å². The molecule has 3 heteroatoms. The molecule has 0 aliphatic rings. The van der Waals surface area contributed by atoms with E-state index in [4.69, 9.17) is 0 Å². The van der Waals surface area contributed by atoms with E-state index in [-0.39, 0.29) is 20.1 Å². The minimum absolute atomic E-state index is 0. The summed E-state index contributed by atoms with van der Waals surface area (Å²) in [5.74, 6) is 0. The third kappa shape index (κ3) is 1.58. The molecule has 0 N–H and O–H groups in total. The zero-order valence-corrected chi connectivity index (χ0v) is 10.6. The largest absolute Gasteiger partial charge is 0.347 e. The normalized spacial score (nSPS) is 10.5. The van der Waals surface area contributed by atoms with Crippen molar-refractivity contribution in [3.8, 4) is 0 Å². The molecular formula is C12H9IrN2-. The minimum Gasteiger partial charge on any atom is -0.347 e. The molecule has 0 aliphatic heterocycles. The van der Waals surface area contributed by atoms with Gasteiger partial charge in [0.1, 0.15) is 0 Å². The van der Waals surface area contributed by atoms with Gasteiger partial charge < -0.3 is 4.40 Å². The van der Waals surface area contributed by atoms with Gasteiger partial charge in [-0.2, -0.15) is 0 Å². The fraction of sp³-hybridized carbons (Fsp3) is 0.0833. The Morgan fingerprint density at radius 1 is 1.20 bits per heavy atom. The van der Waals surface area contributed by atoms with Crippen molar-refractivity contribution in [1.82, 2.24) is 9.38 Å². The third-order valence-corrected chi connectivity index (χ3v) is 2.43. The van der Waals surface area contributed by atoms with Crippen LogP contribution in [0.15, 0.2) is 36.8 Å². The predicted octanol–water partition coefficient (Wildman–Crippen LogP) is 2.59. The van der Waals surface area contributed by atoms with Crippen LogP contribution in [-0.4, -0.2) is 9.38 Å². The number of fused-ring (bicyclic) bond motifs is 3. The first-order chi connectivity index (χ1) is 6.84. The van der Waals surface area contributed by atoms with Gasteiger partial charge in [-0.05, 0) is 6.20 Å². The van der Waals surface area contributed by atoms with Crippen LogP contribution in [0, 0.1) is 13.0 Å². The van der Waals surface area contributed by atoms with Gasteiger partial charge in [0, 0.05) is 32.5 Å². The van der Waals surface area contributed by atoms with Gasteiger partial charge in [-0.1, -0.05) is 13.0 Å². The number of hydrogen-bond acceptors (Lipinski definition) is 1. The summed E-state index contributed by atoms with van der Waals surface area (Å²) in [6.45, 7) is 2.05. The van der Waals surface area contributed by atoms with Gasteiger partial charge in [0.15, 0.2) is 0 Å². The Morgan fingerprint density at radius 2 is 2.07 bits per heavy atom. The molecule has 0 atom stereocenters. The molecule has 0 saturated carbocycles. The maximum atomic E-state index is 4.32. The van der Waals surface area contributed by atoms with E-state index in [1.54, 1.807) is 0 Å². The molecule has 0 fully saturated rings. The van der Waals surface area contributed by atoms with E-state index >= 15 is 0 Å². The smallest absolute Gasteiger partial charge is 0.0603 e. The first kappa shape index (κ1) is 10.3. The Labute approximate surface area is 101 Å². The number of hydrogen-bond donors (Lipinski definition) is 0. The van der Waals surface area contributed by atoms with Gasteiger partial charge in [-0.25, -0.2) is 0 Å². The summed E-state index contributed by atoms with van der Waals surface area (Å²) in [5.41, 5.74) is 2.12. The SMILES string of the molecule is Cc1[c-]c2c(cc1)ccn1ccnc21.[Ir]. The summed E-state index contributed by atoms with van der Waals surface area (Å²) in [7, 11) is 0. The molecule has 0 unspecified atom stereocenters. The molecular weight excluding hydrogens is 364 g/mol. The van der Waals surface area contributed by atoms with Crippen LogP contribution in [0.4, 0.5) is 0 Å². The number of benzene rings is 1. The Bertz CT molecular complexity index is 613. The number of aromatic nitrogens is 2. The molecule has 0 bridgehead atoms. The molecule has 1 radical (unpaired) electrons. The Morgan fingerprint density at radius 3 is 2.93 bits per heavy atom. The molecule has 1 aromatic carbocycles. The van der Waals surface area contributed by atoms with Crippen molar-refractivity contribution in [1.29, 1.82) is 0 Å². The molecule has 0 spiro atoms. The maximum Gasteiger partial charge on any atom is 0.0603 e. The van der Waals surface area contributed by atoms with Crippen LogP contribution < -0.4 is 0 Å². The van der Waals surface area contributed by atoms with E-state index in [9.17, 15) is 0 Å². The fourth-order valence-electron chi connectivity index (χ4n) is 1.72. The summed E-state index contributed by atoms with van der Waals surface area (Å²) in [6, 6.07) is 9.60. The van der Waals surface area contributed by atoms with Crippen molar-refractivity contribution in [3.63, 3.8) is 0 Å². The molecule has 15 heavy (non-hydrogen) atoms. The van der Waals surface area contributed by atoms with Crippen LogP contribution in [0.5, 0.6) is 0 Å². The van der Waals surface area contributed by atoms with Crippen LogP contribution >= 0.6 is 0 Å². The fourth-order valence-corrected chi connectivity index (χ4v) is 1.72. The molecule has 0 saturated heterocycles. The van der Waals surface area contributed by atoms with E-state index in [0.29, 0.717) is 0 Å². The van der Waals surface area contributed by atoms with Gasteiger partial charge in [-0.15, -0.1) is 34.5 Å². The molecule has 2 nitrogen and oxygen atoms in total. The average Bonchev–Trinajstić information content (AvgIpc) is 2.65. The summed E-state index contributed by atoms with van der Waals surface area (Å²) < 4.78 is 2.01. The van der Waals surface area contributed by atoms with Crippen LogP contribution in [-0.2, 0) is 20.1 Å². The van der Waals surface area contributed by atoms with E-state index in [0.717, 1.165) is 16.6 Å². The summed E-state index contributed by atoms with van der Waals surface area (Å²) in [4.78, 5) is 4.32. The van der Waals surface area contributed by atoms with Crippen LogP contribution in [0.2, 0.25) is 0 Å². The molecule has 77 valence electrons. The van der Waals surface area contributed by atoms with Gasteiger partial charge in [0.2, 0.25) is 0 Å². The van der Waals surface area contributed by atoms with Gasteiger partial charge in [-0.3, -0.25) is 4.98 Å². The Balaban J connectivity index is 0.000000853. The predicted molar refractivity (Wildman–Crippen MR) is 56.3 cm³/mol. The van der Waals surface area contributed by atoms with Gasteiger partial charge in [0.25, 0.3) is 0 Å². The summed E-state index contributed by atoms with van der Waals surface area (Å²) >= 11 is 0. The van der Waals surface area contributed by atoms with E-state index in [2.05, 4.69) is 29.2 Å². The monoisotopic (exact) mass is 374 g/mol. The van der Waals surface area contributed by atoms with Crippen molar-refractivity contribution < 1.29 is 20.1 Å². The first-order valence-corrected chi connectivity index (χ1v) is 4.59. The van der Waals surface area contributed by atoms with Gasteiger partial charge >= 0.3 is 0 Å². The number of imidazole rings is 1. The second-order valence-corrected chi connectivity index (χ2v) is 3.45. The van der Waals surface area contributed by atoms with Gasteiger partial charge in [0.05, 0.1) is 5.65 Å². The zero-order valence-electron chi connectivity index (χ0n) is 8.19. The zero-order chi connectivity index (χ0) is 9.54. The van der Waals surface area contributed by atoms with Crippen molar-refractivity contribution >= 4 is 16.4 Å². The molecule has 0 amide bonds. The van der Waals surface area contributed by atoms with Crippen molar-refractivity contribution in [3.05, 3.63) is 48.4 Å². The minimum atomic E-state index is 0. The third-order valence-electron chi connectivity index (χ3n) is 2.43. The van der Waals surface area contributed by atoms with E-state index < -0.39 is 0 Å². The maximum absolute atomic E-state index is 4.32. The number of aryl methyl sites for hydroxylation is 1. The quantitative estimate of drug-likeness (QED) is 0.554. The van der Waals surface area contributed by atoms with Crippen molar-refractivity contribution in [2.75, 3.05) is 0 Å². The Kier molecular flexibility index (Phi) is 2.59. The first-order valence-electron chi connectivity index (χ1n) is 4.59. The average molecular weight is 373 g/mol. The standard InChI is InChI=1S/C12H9N2.Ir/c1-9-2-3-10-4-6-14-7-5-13-12(14)11(10)8-9;/h2-7H,1H3;/q-1;. The van der Waals surface area contributed by atoms with E-state index in [1.165, 1.54) is 5.39 Å². The van der Waals surface area contributed by atoms with Crippen LogP contribution in [0.3, 0.4) is 0 Å². The molecule has 3 aromatic rings. The summed E-state index contributed by atoms with van der Waals surface area (Å²) in [5, 5.41) is 2.28.